The first kappa shape index (κ1) is 36.7. The number of hydrogen-bond donors (Lipinski definition) is 2. The van der Waals surface area contributed by atoms with Crippen molar-refractivity contribution >= 4 is 23.6 Å². The molecule has 0 radical (unpaired) electrons. The van der Waals surface area contributed by atoms with Gasteiger partial charge in [-0.1, -0.05) is 0 Å². The molecule has 48 heavy (non-hydrogen) atoms. The highest BCUT2D eigenvalue weighted by Gasteiger charge is 2.39. The molecule has 0 aliphatic heterocycles. The highest BCUT2D eigenvalue weighted by Crippen LogP contribution is 2.41. The summed E-state index contributed by atoms with van der Waals surface area (Å²) in [7, 11) is 1.57. The van der Waals surface area contributed by atoms with Gasteiger partial charge in [-0.15, -0.1) is 0 Å². The van der Waals surface area contributed by atoms with Crippen molar-refractivity contribution in [1.82, 2.24) is 15.0 Å². The van der Waals surface area contributed by atoms with Gasteiger partial charge in [0, 0.05) is 30.6 Å². The summed E-state index contributed by atoms with van der Waals surface area (Å²) in [6.07, 6.45) is 2.51. The number of nitrogens with one attached hydrogen (secondary N) is 1. The van der Waals surface area contributed by atoms with Crippen molar-refractivity contribution in [2.24, 2.45) is 11.8 Å². The second-order valence-corrected chi connectivity index (χ2v) is 11.7. The van der Waals surface area contributed by atoms with Crippen molar-refractivity contribution in [2.45, 2.75) is 51.6 Å². The van der Waals surface area contributed by atoms with E-state index in [-0.39, 0.29) is 36.4 Å². The maximum atomic E-state index is 13.1. The minimum Gasteiger partial charge on any atom is -0.428 e. The molecule has 260 valence electrons. The Morgan fingerprint density at radius 3 is 2.44 bits per heavy atom. The van der Waals surface area contributed by atoms with Crippen LogP contribution in [0.1, 0.15) is 55.9 Å². The molecular formula is C34H42F2N4O8. The lowest BCUT2D eigenvalue weighted by Gasteiger charge is -2.37. The second kappa shape index (κ2) is 17.9. The maximum Gasteiger partial charge on any atom is 0.334 e. The lowest BCUT2D eigenvalue weighted by Crippen LogP contribution is -2.37. The average Bonchev–Trinajstić information content (AvgIpc) is 3.07. The van der Waals surface area contributed by atoms with Gasteiger partial charge in [-0.05, 0) is 87.4 Å². The number of esters is 2. The summed E-state index contributed by atoms with van der Waals surface area (Å²) in [6, 6.07) is 9.78. The van der Waals surface area contributed by atoms with Crippen LogP contribution in [0, 0.1) is 18.8 Å². The smallest absolute Gasteiger partial charge is 0.334 e. The van der Waals surface area contributed by atoms with Gasteiger partial charge in [-0.3, -0.25) is 9.78 Å². The van der Waals surface area contributed by atoms with Gasteiger partial charge in [0.15, 0.2) is 0 Å². The van der Waals surface area contributed by atoms with E-state index in [2.05, 4.69) is 20.3 Å². The van der Waals surface area contributed by atoms with E-state index in [0.29, 0.717) is 68.3 Å². The fourth-order valence-corrected chi connectivity index (χ4v) is 5.44. The highest BCUT2D eigenvalue weighted by atomic mass is 19.3. The molecule has 0 spiro atoms. The molecule has 4 rings (SSSR count). The summed E-state index contributed by atoms with van der Waals surface area (Å²) in [4.78, 5) is 37.6. The number of alkyl halides is 2. The van der Waals surface area contributed by atoms with Crippen LogP contribution in [0.2, 0.25) is 0 Å². The molecule has 0 amide bonds. The number of nitrogens with zero attached hydrogens (tertiary/aromatic N) is 3. The Morgan fingerprint density at radius 1 is 0.979 bits per heavy atom. The van der Waals surface area contributed by atoms with E-state index in [0.717, 1.165) is 5.56 Å². The summed E-state index contributed by atoms with van der Waals surface area (Å²) in [6.45, 7) is 4.29. The number of rotatable bonds is 17. The molecule has 3 aromatic heterocycles. The van der Waals surface area contributed by atoms with Gasteiger partial charge in [0.1, 0.15) is 23.8 Å². The quantitative estimate of drug-likeness (QED) is 0.109. The number of pyridine rings is 3. The number of anilines is 2. The number of carbonyl (C=O) groups is 2. The van der Waals surface area contributed by atoms with Crippen LogP contribution in [0.15, 0.2) is 48.8 Å². The molecule has 1 atom stereocenters. The van der Waals surface area contributed by atoms with Crippen molar-refractivity contribution < 1.29 is 47.2 Å². The lowest BCUT2D eigenvalue weighted by molar-refractivity contribution is -0.174. The number of aryl methyl sites for hydroxylation is 1. The third-order valence-corrected chi connectivity index (χ3v) is 8.14. The molecule has 1 aliphatic carbocycles. The first-order valence-corrected chi connectivity index (χ1v) is 15.7. The molecule has 14 heteroatoms. The molecule has 12 nitrogen and oxygen atoms in total. The minimum absolute atomic E-state index is 0.141. The molecular weight excluding hydrogens is 630 g/mol. The number of carbonyl (C=O) groups excluding carboxylic acids is 2. The first-order valence-electron chi connectivity index (χ1n) is 15.7. The average molecular weight is 673 g/mol. The number of hydrogen-bond acceptors (Lipinski definition) is 12. The lowest BCUT2D eigenvalue weighted by atomic mass is 9.73. The minimum atomic E-state index is -2.61. The summed E-state index contributed by atoms with van der Waals surface area (Å²) < 4.78 is 51.6. The maximum absolute atomic E-state index is 13.1. The van der Waals surface area contributed by atoms with Gasteiger partial charge in [0.05, 0.1) is 43.7 Å². The fraction of sp³-hybridized carbons (Fsp3) is 0.500. The normalized spacial score (nSPS) is 17.5. The van der Waals surface area contributed by atoms with Crippen LogP contribution in [0.25, 0.3) is 11.3 Å². The summed E-state index contributed by atoms with van der Waals surface area (Å²) in [5.74, 6) is -0.910. The van der Waals surface area contributed by atoms with Crippen LogP contribution in [0.3, 0.4) is 0 Å². The van der Waals surface area contributed by atoms with E-state index < -0.39 is 30.8 Å². The predicted octanol–water partition coefficient (Wildman–Crippen LogP) is 5.27. The number of methoxy groups -OCH3 is 1. The predicted molar refractivity (Wildman–Crippen MR) is 170 cm³/mol. The Hall–Kier alpha value is -4.11. The van der Waals surface area contributed by atoms with Crippen LogP contribution >= 0.6 is 0 Å². The zero-order valence-corrected chi connectivity index (χ0v) is 27.3. The summed E-state index contributed by atoms with van der Waals surface area (Å²) >= 11 is 0. The summed E-state index contributed by atoms with van der Waals surface area (Å²) in [5, 5.41) is 14.5. The van der Waals surface area contributed by atoms with Crippen molar-refractivity contribution in [3.05, 3.63) is 65.6 Å². The largest absolute Gasteiger partial charge is 0.428 e. The monoisotopic (exact) mass is 672 g/mol. The molecule has 2 N–H and O–H groups in total. The van der Waals surface area contributed by atoms with Crippen LogP contribution in [0.4, 0.5) is 20.4 Å². The first-order chi connectivity index (χ1) is 23.1. The molecule has 0 bridgehead atoms. The Labute approximate surface area is 278 Å². The number of halogens is 2. The van der Waals surface area contributed by atoms with Crippen molar-refractivity contribution in [3.8, 4) is 11.3 Å². The van der Waals surface area contributed by atoms with Crippen LogP contribution in [-0.2, 0) is 38.9 Å². The SMILES string of the molecule is COCCOCCOCC(=O)OCOC(=O)C1CCC([C@@](C)(O)c2ccc(-c3cc(C)cc(Nc4cc(C(F)F)ccn4)n3)cn2)CC1. The Bertz CT molecular complexity index is 1480. The third-order valence-electron chi connectivity index (χ3n) is 8.14. The van der Waals surface area contributed by atoms with Crippen LogP contribution < -0.4 is 5.32 Å². The second-order valence-electron chi connectivity index (χ2n) is 11.7. The topological polar surface area (TPSA) is 151 Å². The number of aliphatic hydroxyl groups is 1. The zero-order valence-electron chi connectivity index (χ0n) is 27.3. The molecule has 1 saturated carbocycles. The summed E-state index contributed by atoms with van der Waals surface area (Å²) in [5.41, 5.74) is 1.32. The highest BCUT2D eigenvalue weighted by molar-refractivity contribution is 5.73. The van der Waals surface area contributed by atoms with E-state index >= 15 is 0 Å². The van der Waals surface area contributed by atoms with E-state index in [1.54, 1.807) is 32.4 Å². The Balaban J connectivity index is 1.24. The third kappa shape index (κ3) is 10.7. The Kier molecular flexibility index (Phi) is 13.7. The molecule has 1 fully saturated rings. The van der Waals surface area contributed by atoms with Crippen molar-refractivity contribution in [3.63, 3.8) is 0 Å². The van der Waals surface area contributed by atoms with Crippen LogP contribution in [0.5, 0.6) is 0 Å². The van der Waals surface area contributed by atoms with Crippen molar-refractivity contribution in [1.29, 1.82) is 0 Å². The van der Waals surface area contributed by atoms with Gasteiger partial charge in [-0.2, -0.15) is 0 Å². The van der Waals surface area contributed by atoms with Gasteiger partial charge >= 0.3 is 11.9 Å². The molecule has 3 heterocycles. The molecule has 1 aliphatic rings. The van der Waals surface area contributed by atoms with Gasteiger partial charge in [0.2, 0.25) is 6.79 Å². The molecule has 0 saturated heterocycles. The van der Waals surface area contributed by atoms with Crippen LogP contribution in [-0.4, -0.2) is 78.9 Å². The van der Waals surface area contributed by atoms with Gasteiger partial charge in [0.25, 0.3) is 6.43 Å². The van der Waals surface area contributed by atoms with Gasteiger partial charge < -0.3 is 34.1 Å². The van der Waals surface area contributed by atoms with E-state index in [1.807, 2.05) is 19.1 Å². The van der Waals surface area contributed by atoms with E-state index in [4.69, 9.17) is 23.7 Å². The number of aromatic nitrogens is 3. The van der Waals surface area contributed by atoms with E-state index in [9.17, 15) is 23.5 Å². The zero-order chi connectivity index (χ0) is 34.5. The Morgan fingerprint density at radius 2 is 1.73 bits per heavy atom. The fourth-order valence-electron chi connectivity index (χ4n) is 5.44. The molecule has 3 aromatic rings. The molecule has 0 aromatic carbocycles. The standard InChI is InChI=1S/C34H42F2N4O8/c1-22-16-27(39-30(17-22)40-29-18-24(32(35)36)10-11-37-29)25-6-9-28(38-19-25)34(2,43)26-7-4-23(5-8-26)33(42)48-21-47-31(41)20-46-15-14-45-13-12-44-3/h6,9-11,16-19,23,26,32,43H,4-5,7-8,12-15,20-21H2,1-3H3,(H,37,39,40)/t23?,26?,34-/m1/s1. The molecule has 0 unspecified atom stereocenters. The van der Waals surface area contributed by atoms with E-state index in [1.165, 1.54) is 18.3 Å². The van der Waals surface area contributed by atoms with Crippen molar-refractivity contribution in [2.75, 3.05) is 52.3 Å². The van der Waals surface area contributed by atoms with Gasteiger partial charge in [-0.25, -0.2) is 23.5 Å². The number of ether oxygens (including phenoxy) is 5.